The van der Waals surface area contributed by atoms with E-state index < -0.39 is 18.4 Å². The Bertz CT molecular complexity index is 634. The summed E-state index contributed by atoms with van der Waals surface area (Å²) in [5.41, 5.74) is 0.847. The van der Waals surface area contributed by atoms with Crippen molar-refractivity contribution in [2.45, 2.75) is 57.0 Å². The second-order valence-corrected chi connectivity index (χ2v) is 11.7. The van der Waals surface area contributed by atoms with Crippen LogP contribution in [0.2, 0.25) is 12.6 Å². The fourth-order valence-electron chi connectivity index (χ4n) is 2.74. The number of hydrogen-bond acceptors (Lipinski definition) is 5. The van der Waals surface area contributed by atoms with Crippen LogP contribution in [0.5, 0.6) is 0 Å². The molecule has 25 heavy (non-hydrogen) atoms. The highest BCUT2D eigenvalue weighted by Gasteiger charge is 2.29. The zero-order chi connectivity index (χ0) is 18.9. The summed E-state index contributed by atoms with van der Waals surface area (Å²) < 4.78 is 34.4. The van der Waals surface area contributed by atoms with Gasteiger partial charge in [-0.1, -0.05) is 18.6 Å². The second kappa shape index (κ2) is 10.2. The van der Waals surface area contributed by atoms with Crippen molar-refractivity contribution in [2.24, 2.45) is 0 Å². The third-order valence-corrected chi connectivity index (χ3v) is 8.18. The van der Waals surface area contributed by atoms with Crippen molar-refractivity contribution in [3.8, 4) is 0 Å². The molecular weight excluding hydrogens is 356 g/mol. The molecule has 142 valence electrons. The third kappa shape index (κ3) is 8.26. The number of hydrogen-bond donors (Lipinski definition) is 0. The zero-order valence-electron chi connectivity index (χ0n) is 15.7. The van der Waals surface area contributed by atoms with Crippen LogP contribution in [0.15, 0.2) is 29.2 Å². The minimum Gasteiger partial charge on any atom is -0.395 e. The SMILES string of the molecule is CCO[Si](C)(CCCCC(=O)Cc1ccc(S(C)(=O)=O)cc1)OCC. The number of unbranched alkanes of at least 4 members (excludes halogenated alkanes) is 1. The predicted octanol–water partition coefficient (Wildman–Crippen LogP) is 3.52. The Labute approximate surface area is 152 Å². The third-order valence-electron chi connectivity index (χ3n) is 3.99. The van der Waals surface area contributed by atoms with Crippen LogP contribution in [0.1, 0.15) is 38.7 Å². The Morgan fingerprint density at radius 2 is 1.60 bits per heavy atom. The summed E-state index contributed by atoms with van der Waals surface area (Å²) in [6.07, 6.45) is 3.78. The van der Waals surface area contributed by atoms with Gasteiger partial charge < -0.3 is 8.85 Å². The maximum atomic E-state index is 12.1. The predicted molar refractivity (Wildman–Crippen MR) is 102 cm³/mol. The van der Waals surface area contributed by atoms with Crippen molar-refractivity contribution in [3.63, 3.8) is 0 Å². The van der Waals surface area contributed by atoms with Crippen LogP contribution in [-0.2, 0) is 29.9 Å². The Balaban J connectivity index is 2.40. The summed E-state index contributed by atoms with van der Waals surface area (Å²) >= 11 is 0. The molecule has 0 aliphatic carbocycles. The first-order valence-electron chi connectivity index (χ1n) is 8.79. The molecule has 0 amide bonds. The summed E-state index contributed by atoms with van der Waals surface area (Å²) in [6.45, 7) is 7.34. The average molecular weight is 387 g/mol. The molecule has 1 aromatic rings. The van der Waals surface area contributed by atoms with Crippen LogP contribution in [0.3, 0.4) is 0 Å². The van der Waals surface area contributed by atoms with E-state index in [4.69, 9.17) is 8.85 Å². The van der Waals surface area contributed by atoms with Crippen LogP contribution >= 0.6 is 0 Å². The zero-order valence-corrected chi connectivity index (χ0v) is 17.5. The van der Waals surface area contributed by atoms with E-state index in [1.54, 1.807) is 24.3 Å². The van der Waals surface area contributed by atoms with Crippen molar-refractivity contribution >= 4 is 24.2 Å². The van der Waals surface area contributed by atoms with Gasteiger partial charge in [0.25, 0.3) is 0 Å². The fraction of sp³-hybridized carbons (Fsp3) is 0.611. The molecule has 0 heterocycles. The molecule has 0 aromatic heterocycles. The molecule has 5 nitrogen and oxygen atoms in total. The summed E-state index contributed by atoms with van der Waals surface area (Å²) in [5.74, 6) is 0.170. The highest BCUT2D eigenvalue weighted by Crippen LogP contribution is 2.18. The van der Waals surface area contributed by atoms with Gasteiger partial charge in [0.05, 0.1) is 4.90 Å². The quantitative estimate of drug-likeness (QED) is 0.406. The smallest absolute Gasteiger partial charge is 0.334 e. The number of carbonyl (C=O) groups excluding carboxylic acids is 1. The lowest BCUT2D eigenvalue weighted by molar-refractivity contribution is -0.118. The second-order valence-electron chi connectivity index (χ2n) is 6.34. The van der Waals surface area contributed by atoms with Gasteiger partial charge in [-0.2, -0.15) is 0 Å². The monoisotopic (exact) mass is 386 g/mol. The summed E-state index contributed by atoms with van der Waals surface area (Å²) in [6, 6.07) is 7.42. The van der Waals surface area contributed by atoms with Crippen LogP contribution in [-0.4, -0.2) is 42.2 Å². The molecule has 7 heteroatoms. The number of sulfone groups is 1. The van der Waals surface area contributed by atoms with E-state index in [0.29, 0.717) is 26.1 Å². The number of Topliss-reactive ketones (excluding diaryl/α,β-unsaturated/α-hetero) is 1. The molecule has 0 spiro atoms. The summed E-state index contributed by atoms with van der Waals surface area (Å²) in [7, 11) is -5.28. The molecule has 0 N–H and O–H groups in total. The number of rotatable bonds is 12. The van der Waals surface area contributed by atoms with Crippen LogP contribution in [0.4, 0.5) is 0 Å². The van der Waals surface area contributed by atoms with Gasteiger partial charge in [0.15, 0.2) is 9.84 Å². The summed E-state index contributed by atoms with van der Waals surface area (Å²) in [4.78, 5) is 12.4. The van der Waals surface area contributed by atoms with Crippen molar-refractivity contribution in [1.82, 2.24) is 0 Å². The fourth-order valence-corrected chi connectivity index (χ4v) is 5.85. The molecule has 0 saturated heterocycles. The maximum absolute atomic E-state index is 12.1. The van der Waals surface area contributed by atoms with E-state index in [0.717, 1.165) is 24.4 Å². The van der Waals surface area contributed by atoms with E-state index in [1.165, 1.54) is 6.26 Å². The van der Waals surface area contributed by atoms with Gasteiger partial charge in [-0.25, -0.2) is 8.42 Å². The van der Waals surface area contributed by atoms with E-state index in [1.807, 2.05) is 13.8 Å². The lowest BCUT2D eigenvalue weighted by Gasteiger charge is -2.25. The van der Waals surface area contributed by atoms with Gasteiger partial charge >= 0.3 is 8.56 Å². The Morgan fingerprint density at radius 3 is 2.08 bits per heavy atom. The van der Waals surface area contributed by atoms with Crippen molar-refractivity contribution in [2.75, 3.05) is 19.5 Å². The lowest BCUT2D eigenvalue weighted by atomic mass is 10.1. The largest absolute Gasteiger partial charge is 0.395 e. The van der Waals surface area contributed by atoms with Gasteiger partial charge in [-0.3, -0.25) is 4.79 Å². The lowest BCUT2D eigenvalue weighted by Crippen LogP contribution is -2.38. The summed E-state index contributed by atoms with van der Waals surface area (Å²) in [5, 5.41) is 0. The molecule has 1 aromatic carbocycles. The Hall–Kier alpha value is -1.02. The van der Waals surface area contributed by atoms with Gasteiger partial charge in [0.1, 0.15) is 5.78 Å². The molecule has 0 atom stereocenters. The topological polar surface area (TPSA) is 69.7 Å². The first-order valence-corrected chi connectivity index (χ1v) is 13.2. The minimum absolute atomic E-state index is 0.170. The minimum atomic E-state index is -3.19. The van der Waals surface area contributed by atoms with Crippen LogP contribution in [0, 0.1) is 0 Å². The normalized spacial score (nSPS) is 12.3. The Morgan fingerprint density at radius 1 is 1.04 bits per heavy atom. The van der Waals surface area contributed by atoms with E-state index in [-0.39, 0.29) is 10.7 Å². The standard InChI is InChI=1S/C18H30O5SSi/c1-5-22-25(4,23-6-2)14-8-7-9-17(19)15-16-10-12-18(13-11-16)24(3,20)21/h10-13H,5-9,14-15H2,1-4H3. The number of carbonyl (C=O) groups is 1. The first-order chi connectivity index (χ1) is 11.7. The van der Waals surface area contributed by atoms with Gasteiger partial charge in [0.2, 0.25) is 0 Å². The Kier molecular flexibility index (Phi) is 8.99. The van der Waals surface area contributed by atoms with Crippen molar-refractivity contribution in [1.29, 1.82) is 0 Å². The molecule has 0 unspecified atom stereocenters. The van der Waals surface area contributed by atoms with Gasteiger partial charge in [0, 0.05) is 32.3 Å². The molecule has 0 bridgehead atoms. The van der Waals surface area contributed by atoms with E-state index >= 15 is 0 Å². The molecule has 0 aliphatic rings. The maximum Gasteiger partial charge on any atom is 0.334 e. The van der Waals surface area contributed by atoms with Crippen molar-refractivity contribution < 1.29 is 22.1 Å². The molecular formula is C18H30O5SSi. The highest BCUT2D eigenvalue weighted by atomic mass is 32.2. The molecule has 0 saturated carbocycles. The average Bonchev–Trinajstić information content (AvgIpc) is 2.52. The molecule has 0 aliphatic heterocycles. The van der Waals surface area contributed by atoms with E-state index in [9.17, 15) is 13.2 Å². The molecule has 0 radical (unpaired) electrons. The number of ketones is 1. The first kappa shape index (κ1) is 22.0. The highest BCUT2D eigenvalue weighted by molar-refractivity contribution is 7.90. The molecule has 0 fully saturated rings. The van der Waals surface area contributed by atoms with Crippen LogP contribution < -0.4 is 0 Å². The van der Waals surface area contributed by atoms with Gasteiger partial charge in [-0.15, -0.1) is 0 Å². The van der Waals surface area contributed by atoms with Gasteiger partial charge in [-0.05, 0) is 50.6 Å². The molecule has 1 rings (SSSR count). The van der Waals surface area contributed by atoms with Crippen LogP contribution in [0.25, 0.3) is 0 Å². The van der Waals surface area contributed by atoms with E-state index in [2.05, 4.69) is 6.55 Å². The van der Waals surface area contributed by atoms with Crippen molar-refractivity contribution in [3.05, 3.63) is 29.8 Å². The number of benzene rings is 1.